The first-order valence-electron chi connectivity index (χ1n) is 7.72. The molecule has 0 aliphatic rings. The third-order valence-electron chi connectivity index (χ3n) is 3.99. The minimum absolute atomic E-state index is 0.329. The van der Waals surface area contributed by atoms with E-state index in [-0.39, 0.29) is 0 Å². The Bertz CT molecular complexity index is 912. The Labute approximate surface area is 139 Å². The van der Waals surface area contributed by atoms with Gasteiger partial charge in [-0.3, -0.25) is 9.59 Å². The summed E-state index contributed by atoms with van der Waals surface area (Å²) in [7, 11) is 1.56. The first-order chi connectivity index (χ1) is 11.6. The number of fused-ring (bicyclic) bond motifs is 1. The van der Waals surface area contributed by atoms with Crippen LogP contribution in [0.25, 0.3) is 10.9 Å². The zero-order chi connectivity index (χ0) is 17.1. The van der Waals surface area contributed by atoms with E-state index < -0.39 is 11.7 Å². The molecule has 1 aromatic heterocycles. The minimum Gasteiger partial charge on any atom is -0.497 e. The number of carbonyl (C=O) groups is 2. The van der Waals surface area contributed by atoms with Gasteiger partial charge in [-0.2, -0.15) is 0 Å². The summed E-state index contributed by atoms with van der Waals surface area (Å²) < 4.78 is 5.19. The van der Waals surface area contributed by atoms with Crippen molar-refractivity contribution >= 4 is 28.3 Å². The Kier molecular flexibility index (Phi) is 4.33. The monoisotopic (exact) mass is 322 g/mol. The first-order valence-corrected chi connectivity index (χ1v) is 7.72. The van der Waals surface area contributed by atoms with Crippen LogP contribution in [0.15, 0.2) is 48.7 Å². The smallest absolute Gasteiger partial charge is 0.296 e. The number of amides is 1. The number of H-pyrrole nitrogens is 1. The Morgan fingerprint density at radius 2 is 1.96 bits per heavy atom. The normalized spacial score (nSPS) is 10.6. The summed E-state index contributed by atoms with van der Waals surface area (Å²) in [5.74, 6) is -0.604. The standard InChI is InChI=1S/C19H18N2O3/c1-3-12-6-4-5-7-16(12)21-19(23)18(22)15-11-20-17-9-8-13(24-2)10-14(15)17/h4-11,20H,3H2,1-2H3,(H,21,23). The van der Waals surface area contributed by atoms with Gasteiger partial charge in [0, 0.05) is 22.8 Å². The quantitative estimate of drug-likeness (QED) is 0.557. The summed E-state index contributed by atoms with van der Waals surface area (Å²) in [6.45, 7) is 2.00. The van der Waals surface area contributed by atoms with Crippen molar-refractivity contribution in [3.05, 3.63) is 59.8 Å². The number of aryl methyl sites for hydroxylation is 1. The number of benzene rings is 2. The molecule has 0 bridgehead atoms. The first kappa shape index (κ1) is 15.8. The maximum absolute atomic E-state index is 12.6. The van der Waals surface area contributed by atoms with Crippen LogP contribution >= 0.6 is 0 Å². The summed E-state index contributed by atoms with van der Waals surface area (Å²) in [6, 6.07) is 12.8. The molecule has 0 spiro atoms. The topological polar surface area (TPSA) is 71.2 Å². The van der Waals surface area contributed by atoms with E-state index in [2.05, 4.69) is 10.3 Å². The van der Waals surface area contributed by atoms with Crippen molar-refractivity contribution in [2.75, 3.05) is 12.4 Å². The van der Waals surface area contributed by atoms with Crippen molar-refractivity contribution in [1.82, 2.24) is 4.98 Å². The molecule has 122 valence electrons. The van der Waals surface area contributed by atoms with Gasteiger partial charge in [-0.25, -0.2) is 0 Å². The van der Waals surface area contributed by atoms with Gasteiger partial charge in [-0.05, 0) is 36.2 Å². The fourth-order valence-corrected chi connectivity index (χ4v) is 2.67. The van der Waals surface area contributed by atoms with Gasteiger partial charge in [0.05, 0.1) is 12.7 Å². The molecule has 1 heterocycles. The van der Waals surface area contributed by atoms with Gasteiger partial charge in [-0.1, -0.05) is 25.1 Å². The molecule has 5 heteroatoms. The average molecular weight is 322 g/mol. The number of carbonyl (C=O) groups excluding carboxylic acids is 2. The van der Waals surface area contributed by atoms with Crippen molar-refractivity contribution in [2.24, 2.45) is 0 Å². The molecule has 0 aliphatic carbocycles. The summed E-state index contributed by atoms with van der Waals surface area (Å²) in [4.78, 5) is 27.9. The summed E-state index contributed by atoms with van der Waals surface area (Å²) >= 11 is 0. The number of ketones is 1. The van der Waals surface area contributed by atoms with Crippen LogP contribution < -0.4 is 10.1 Å². The third kappa shape index (κ3) is 2.88. The predicted molar refractivity (Wildman–Crippen MR) is 93.6 cm³/mol. The van der Waals surface area contributed by atoms with E-state index in [9.17, 15) is 9.59 Å². The largest absolute Gasteiger partial charge is 0.497 e. The molecule has 0 atom stereocenters. The minimum atomic E-state index is -0.653. The summed E-state index contributed by atoms with van der Waals surface area (Å²) in [5.41, 5.74) is 2.76. The highest BCUT2D eigenvalue weighted by atomic mass is 16.5. The van der Waals surface area contributed by atoms with E-state index in [1.165, 1.54) is 0 Å². The van der Waals surface area contributed by atoms with Crippen LogP contribution in [0.3, 0.4) is 0 Å². The molecule has 2 aromatic carbocycles. The lowest BCUT2D eigenvalue weighted by Crippen LogP contribution is -2.23. The maximum Gasteiger partial charge on any atom is 0.296 e. The average Bonchev–Trinajstić information content (AvgIpc) is 3.04. The van der Waals surface area contributed by atoms with Crippen LogP contribution in [0.2, 0.25) is 0 Å². The number of methoxy groups -OCH3 is 1. The second-order valence-electron chi connectivity index (χ2n) is 5.41. The highest BCUT2D eigenvalue weighted by Crippen LogP contribution is 2.24. The molecule has 0 unspecified atom stereocenters. The molecule has 0 radical (unpaired) electrons. The highest BCUT2D eigenvalue weighted by Gasteiger charge is 2.21. The summed E-state index contributed by atoms with van der Waals surface area (Å²) in [5, 5.41) is 3.37. The van der Waals surface area contributed by atoms with Crippen molar-refractivity contribution in [1.29, 1.82) is 0 Å². The Hall–Kier alpha value is -3.08. The van der Waals surface area contributed by atoms with Crippen LogP contribution in [0, 0.1) is 0 Å². The number of aromatic amines is 1. The Balaban J connectivity index is 1.90. The van der Waals surface area contributed by atoms with Crippen LogP contribution in [0.1, 0.15) is 22.8 Å². The van der Waals surface area contributed by atoms with Gasteiger partial charge in [0.15, 0.2) is 0 Å². The molecule has 0 saturated heterocycles. The van der Waals surface area contributed by atoms with E-state index in [4.69, 9.17) is 4.74 Å². The molecule has 0 fully saturated rings. The lowest BCUT2D eigenvalue weighted by Gasteiger charge is -2.08. The number of rotatable bonds is 5. The SMILES string of the molecule is CCc1ccccc1NC(=O)C(=O)c1c[nH]c2ccc(OC)cc12. The van der Waals surface area contributed by atoms with Crippen molar-refractivity contribution in [3.8, 4) is 5.75 Å². The maximum atomic E-state index is 12.6. The van der Waals surface area contributed by atoms with Gasteiger partial charge in [0.1, 0.15) is 5.75 Å². The molecule has 3 aromatic rings. The number of ether oxygens (including phenoxy) is 1. The number of hydrogen-bond acceptors (Lipinski definition) is 3. The summed E-state index contributed by atoms with van der Waals surface area (Å²) in [6.07, 6.45) is 2.33. The molecule has 0 saturated carbocycles. The van der Waals surface area contributed by atoms with Gasteiger partial charge in [0.2, 0.25) is 0 Å². The fourth-order valence-electron chi connectivity index (χ4n) is 2.67. The van der Waals surface area contributed by atoms with Gasteiger partial charge < -0.3 is 15.0 Å². The fraction of sp³-hybridized carbons (Fsp3) is 0.158. The predicted octanol–water partition coefficient (Wildman–Crippen LogP) is 3.56. The number of nitrogens with one attached hydrogen (secondary N) is 2. The molecule has 0 aliphatic heterocycles. The van der Waals surface area contributed by atoms with E-state index >= 15 is 0 Å². The lowest BCUT2D eigenvalue weighted by molar-refractivity contribution is -0.112. The molecule has 3 rings (SSSR count). The van der Waals surface area contributed by atoms with E-state index in [1.807, 2.05) is 31.2 Å². The lowest BCUT2D eigenvalue weighted by atomic mass is 10.1. The van der Waals surface area contributed by atoms with E-state index in [0.29, 0.717) is 22.4 Å². The zero-order valence-electron chi connectivity index (χ0n) is 13.6. The molecule has 24 heavy (non-hydrogen) atoms. The molecule has 1 amide bonds. The second-order valence-corrected chi connectivity index (χ2v) is 5.41. The zero-order valence-corrected chi connectivity index (χ0v) is 13.6. The Morgan fingerprint density at radius 3 is 2.71 bits per heavy atom. The molecular weight excluding hydrogens is 304 g/mol. The van der Waals surface area contributed by atoms with Gasteiger partial charge >= 0.3 is 0 Å². The molecule has 2 N–H and O–H groups in total. The molecular formula is C19H18N2O3. The van der Waals surface area contributed by atoms with Crippen LogP contribution in [0.4, 0.5) is 5.69 Å². The number of aromatic nitrogens is 1. The van der Waals surface area contributed by atoms with E-state index in [0.717, 1.165) is 17.5 Å². The van der Waals surface area contributed by atoms with Crippen molar-refractivity contribution < 1.29 is 14.3 Å². The van der Waals surface area contributed by atoms with Gasteiger partial charge in [0.25, 0.3) is 11.7 Å². The Morgan fingerprint density at radius 1 is 1.17 bits per heavy atom. The van der Waals surface area contributed by atoms with Crippen molar-refractivity contribution in [3.63, 3.8) is 0 Å². The van der Waals surface area contributed by atoms with E-state index in [1.54, 1.807) is 31.5 Å². The molecule has 5 nitrogen and oxygen atoms in total. The van der Waals surface area contributed by atoms with Gasteiger partial charge in [-0.15, -0.1) is 0 Å². The number of para-hydroxylation sites is 1. The van der Waals surface area contributed by atoms with Crippen LogP contribution in [-0.4, -0.2) is 23.8 Å². The number of Topliss-reactive ketones (excluding diaryl/α,β-unsaturated/α-hetero) is 1. The van der Waals surface area contributed by atoms with Crippen LogP contribution in [-0.2, 0) is 11.2 Å². The van der Waals surface area contributed by atoms with Crippen LogP contribution in [0.5, 0.6) is 5.75 Å². The second kappa shape index (κ2) is 6.58. The van der Waals surface area contributed by atoms with Crippen molar-refractivity contribution in [2.45, 2.75) is 13.3 Å². The highest BCUT2D eigenvalue weighted by molar-refractivity contribution is 6.48. The third-order valence-corrected chi connectivity index (χ3v) is 3.99. The number of hydrogen-bond donors (Lipinski definition) is 2. The number of anilines is 1.